The second-order valence-corrected chi connectivity index (χ2v) is 6.16. The van der Waals surface area contributed by atoms with Gasteiger partial charge in [-0.3, -0.25) is 4.79 Å². The lowest BCUT2D eigenvalue weighted by molar-refractivity contribution is -0.123. The second-order valence-electron chi connectivity index (χ2n) is 6.16. The Kier molecular flexibility index (Phi) is 6.55. The van der Waals surface area contributed by atoms with E-state index in [1.165, 1.54) is 0 Å². The molecule has 0 saturated heterocycles. The van der Waals surface area contributed by atoms with Crippen molar-refractivity contribution >= 4 is 11.6 Å². The Hall–Kier alpha value is -2.62. The van der Waals surface area contributed by atoms with E-state index < -0.39 is 0 Å². The van der Waals surface area contributed by atoms with Crippen LogP contribution in [0.25, 0.3) is 11.1 Å². The van der Waals surface area contributed by atoms with Gasteiger partial charge in [-0.05, 0) is 42.5 Å². The number of ether oxygens (including phenoxy) is 1. The molecule has 0 aromatic heterocycles. The van der Waals surface area contributed by atoms with E-state index in [9.17, 15) is 4.79 Å². The molecule has 24 heavy (non-hydrogen) atoms. The summed E-state index contributed by atoms with van der Waals surface area (Å²) in [5.41, 5.74) is 5.69. The third kappa shape index (κ3) is 5.88. The van der Waals surface area contributed by atoms with Gasteiger partial charge in [0.15, 0.2) is 6.61 Å². The van der Waals surface area contributed by atoms with E-state index in [-0.39, 0.29) is 12.5 Å². The highest BCUT2D eigenvalue weighted by Crippen LogP contribution is 2.21. The number of rotatable bonds is 7. The van der Waals surface area contributed by atoms with Crippen LogP contribution in [0.1, 0.15) is 27.2 Å². The fraction of sp³-hybridized carbons (Fsp3) is 0.300. The van der Waals surface area contributed by atoms with Crippen LogP contribution in [0.3, 0.4) is 0 Å². The lowest BCUT2D eigenvalue weighted by Gasteiger charge is -2.08. The Morgan fingerprint density at radius 2 is 1.67 bits per heavy atom. The first-order valence-electron chi connectivity index (χ1n) is 8.15. The van der Waals surface area contributed by atoms with E-state index >= 15 is 0 Å². The molecule has 1 N–H and O–H groups in total. The highest BCUT2D eigenvalue weighted by Gasteiger charge is 2.04. The predicted octanol–water partition coefficient (Wildman–Crippen LogP) is 4.27. The molecule has 0 spiro atoms. The van der Waals surface area contributed by atoms with E-state index in [4.69, 9.17) is 4.74 Å². The molecule has 4 heteroatoms. The minimum Gasteiger partial charge on any atom is -0.484 e. The van der Waals surface area contributed by atoms with E-state index in [0.717, 1.165) is 23.3 Å². The summed E-state index contributed by atoms with van der Waals surface area (Å²) in [4.78, 5) is 11.8. The number of hydrazone groups is 1. The molecule has 2 aromatic carbocycles. The van der Waals surface area contributed by atoms with Crippen LogP contribution in [-0.2, 0) is 4.79 Å². The van der Waals surface area contributed by atoms with Crippen LogP contribution < -0.4 is 10.2 Å². The Bertz CT molecular complexity index is 677. The zero-order valence-electron chi connectivity index (χ0n) is 14.5. The lowest BCUT2D eigenvalue weighted by Crippen LogP contribution is -2.25. The lowest BCUT2D eigenvalue weighted by atomic mass is 10.1. The first kappa shape index (κ1) is 17.7. The molecule has 126 valence electrons. The van der Waals surface area contributed by atoms with Crippen LogP contribution in [0.2, 0.25) is 0 Å². The fourth-order valence-corrected chi connectivity index (χ4v) is 2.35. The predicted molar refractivity (Wildman–Crippen MR) is 98.1 cm³/mol. The Morgan fingerprint density at radius 3 is 2.29 bits per heavy atom. The summed E-state index contributed by atoms with van der Waals surface area (Å²) in [6.07, 6.45) is 0.863. The van der Waals surface area contributed by atoms with Crippen molar-refractivity contribution in [1.29, 1.82) is 0 Å². The maximum Gasteiger partial charge on any atom is 0.277 e. The molecule has 2 rings (SSSR count). The molecule has 1 amide bonds. The molecular formula is C20H24N2O2. The van der Waals surface area contributed by atoms with Gasteiger partial charge >= 0.3 is 0 Å². The summed E-state index contributed by atoms with van der Waals surface area (Å²) in [7, 11) is 0. The number of hydrogen-bond acceptors (Lipinski definition) is 3. The molecule has 2 aromatic rings. The molecule has 0 aliphatic carbocycles. The van der Waals surface area contributed by atoms with Crippen molar-refractivity contribution in [2.75, 3.05) is 6.61 Å². The monoisotopic (exact) mass is 324 g/mol. The van der Waals surface area contributed by atoms with Gasteiger partial charge in [0.25, 0.3) is 5.91 Å². The normalized spacial score (nSPS) is 11.4. The molecule has 0 fully saturated rings. The number of benzene rings is 2. The van der Waals surface area contributed by atoms with Crippen LogP contribution in [0.5, 0.6) is 5.75 Å². The summed E-state index contributed by atoms with van der Waals surface area (Å²) in [6.45, 7) is 6.08. The van der Waals surface area contributed by atoms with Gasteiger partial charge in [-0.25, -0.2) is 5.43 Å². The summed E-state index contributed by atoms with van der Waals surface area (Å²) >= 11 is 0. The van der Waals surface area contributed by atoms with E-state index in [1.54, 1.807) is 0 Å². The van der Waals surface area contributed by atoms with Gasteiger partial charge in [-0.2, -0.15) is 5.10 Å². The number of amides is 1. The van der Waals surface area contributed by atoms with Gasteiger partial charge in [0.2, 0.25) is 0 Å². The van der Waals surface area contributed by atoms with Crippen LogP contribution >= 0.6 is 0 Å². The highest BCUT2D eigenvalue weighted by atomic mass is 16.5. The molecule has 0 bridgehead atoms. The third-order valence-corrected chi connectivity index (χ3v) is 3.41. The van der Waals surface area contributed by atoms with Gasteiger partial charge in [-0.15, -0.1) is 0 Å². The van der Waals surface area contributed by atoms with E-state index in [1.807, 2.05) is 49.4 Å². The zero-order valence-corrected chi connectivity index (χ0v) is 14.5. The number of nitrogens with one attached hydrogen (secondary N) is 1. The number of carbonyl (C=O) groups is 1. The molecule has 0 radical (unpaired) electrons. The molecule has 0 heterocycles. The van der Waals surface area contributed by atoms with Crippen molar-refractivity contribution < 1.29 is 9.53 Å². The molecular weight excluding hydrogens is 300 g/mol. The van der Waals surface area contributed by atoms with Crippen LogP contribution in [0.4, 0.5) is 0 Å². The largest absolute Gasteiger partial charge is 0.484 e. The Labute approximate surface area is 143 Å². The number of nitrogens with zero attached hydrogens (tertiary/aromatic N) is 1. The minimum absolute atomic E-state index is 0.0524. The van der Waals surface area contributed by atoms with Gasteiger partial charge in [0, 0.05) is 5.71 Å². The quantitative estimate of drug-likeness (QED) is 0.611. The van der Waals surface area contributed by atoms with E-state index in [2.05, 4.69) is 36.5 Å². The standard InChI is InChI=1S/C20H24N2O2/c1-15(2)13-16(3)21-22-20(23)14-24-19-11-9-18(10-12-19)17-7-5-4-6-8-17/h4-12,15H,13-14H2,1-3H3,(H,22,23). The summed E-state index contributed by atoms with van der Waals surface area (Å²) in [5, 5.41) is 4.07. The van der Waals surface area contributed by atoms with Crippen molar-refractivity contribution in [1.82, 2.24) is 5.43 Å². The molecule has 0 unspecified atom stereocenters. The van der Waals surface area contributed by atoms with Gasteiger partial charge in [-0.1, -0.05) is 56.3 Å². The first-order valence-corrected chi connectivity index (χ1v) is 8.15. The molecule has 0 saturated carbocycles. The summed E-state index contributed by atoms with van der Waals surface area (Å²) in [6, 6.07) is 17.8. The highest BCUT2D eigenvalue weighted by molar-refractivity contribution is 5.84. The topological polar surface area (TPSA) is 50.7 Å². The average Bonchev–Trinajstić information content (AvgIpc) is 2.59. The average molecular weight is 324 g/mol. The fourth-order valence-electron chi connectivity index (χ4n) is 2.35. The van der Waals surface area contributed by atoms with Crippen molar-refractivity contribution in [3.8, 4) is 16.9 Å². The van der Waals surface area contributed by atoms with Gasteiger partial charge in [0.05, 0.1) is 0 Å². The zero-order chi connectivity index (χ0) is 17.4. The van der Waals surface area contributed by atoms with Crippen molar-refractivity contribution in [2.24, 2.45) is 11.0 Å². The molecule has 0 aliphatic rings. The first-order chi connectivity index (χ1) is 11.5. The van der Waals surface area contributed by atoms with Crippen LogP contribution in [-0.4, -0.2) is 18.2 Å². The Balaban J connectivity index is 1.83. The SMILES string of the molecule is CC(CC(C)C)=NNC(=O)COc1ccc(-c2ccccc2)cc1. The van der Waals surface area contributed by atoms with Crippen LogP contribution in [0.15, 0.2) is 59.7 Å². The van der Waals surface area contributed by atoms with Crippen molar-refractivity contribution in [3.63, 3.8) is 0 Å². The molecule has 0 atom stereocenters. The number of carbonyl (C=O) groups excluding carboxylic acids is 1. The maximum absolute atomic E-state index is 11.8. The van der Waals surface area contributed by atoms with Crippen molar-refractivity contribution in [2.45, 2.75) is 27.2 Å². The third-order valence-electron chi connectivity index (χ3n) is 3.41. The Morgan fingerprint density at radius 1 is 1.04 bits per heavy atom. The maximum atomic E-state index is 11.8. The molecule has 4 nitrogen and oxygen atoms in total. The minimum atomic E-state index is -0.259. The molecule has 0 aliphatic heterocycles. The summed E-state index contributed by atoms with van der Waals surface area (Å²) in [5.74, 6) is 0.919. The van der Waals surface area contributed by atoms with Crippen LogP contribution in [0, 0.1) is 5.92 Å². The summed E-state index contributed by atoms with van der Waals surface area (Å²) < 4.78 is 5.49. The second kappa shape index (κ2) is 8.87. The van der Waals surface area contributed by atoms with Crippen molar-refractivity contribution in [3.05, 3.63) is 54.6 Å². The smallest absolute Gasteiger partial charge is 0.277 e. The number of hydrogen-bond donors (Lipinski definition) is 1. The van der Waals surface area contributed by atoms with Gasteiger partial charge in [0.1, 0.15) is 5.75 Å². The van der Waals surface area contributed by atoms with E-state index in [0.29, 0.717) is 11.7 Å². The van der Waals surface area contributed by atoms with Gasteiger partial charge < -0.3 is 4.74 Å².